The molecule has 0 fully saturated rings. The molecule has 14 heavy (non-hydrogen) atoms. The van der Waals surface area contributed by atoms with Crippen LogP contribution in [0.5, 0.6) is 0 Å². The second-order valence-corrected chi connectivity index (χ2v) is 2.69. The molecule has 72 valence electrons. The van der Waals surface area contributed by atoms with Crippen LogP contribution in [-0.2, 0) is 0 Å². The minimum absolute atomic E-state index is 0. The molecule has 0 unspecified atom stereocenters. The van der Waals surface area contributed by atoms with Crippen molar-refractivity contribution in [3.8, 4) is 12.1 Å². The van der Waals surface area contributed by atoms with E-state index in [1.165, 1.54) is 0 Å². The fraction of sp³-hybridized carbons (Fsp3) is 0.200. The van der Waals surface area contributed by atoms with Crippen molar-refractivity contribution in [2.75, 3.05) is 12.4 Å². The second-order valence-electron chi connectivity index (χ2n) is 2.25. The number of halogens is 1. The van der Waals surface area contributed by atoms with Crippen molar-refractivity contribution in [2.24, 2.45) is 0 Å². The van der Waals surface area contributed by atoms with Gasteiger partial charge in [-0.2, -0.15) is 10.5 Å². The first-order chi connectivity index (χ1) is 6.74. The molecule has 0 aliphatic heterocycles. The number of anilines is 1. The van der Waals surface area contributed by atoms with Gasteiger partial charge in [0.15, 0.2) is 0 Å². The molecular formula is C10H10ClN3. The van der Waals surface area contributed by atoms with Gasteiger partial charge in [0, 0.05) is 17.8 Å². The van der Waals surface area contributed by atoms with Gasteiger partial charge in [-0.25, -0.2) is 0 Å². The number of nitrogens with one attached hydrogen (secondary N) is 1. The maximum Gasteiger partial charge on any atom is 0.122 e. The van der Waals surface area contributed by atoms with Crippen LogP contribution >= 0.6 is 11.6 Å². The highest BCUT2D eigenvalue weighted by Crippen LogP contribution is 2.11. The number of hydrogen-bond donors (Lipinski definition) is 1. The van der Waals surface area contributed by atoms with Crippen LogP contribution in [0.2, 0.25) is 5.02 Å². The maximum absolute atomic E-state index is 7.59. The highest BCUT2D eigenvalue weighted by atomic mass is 35.5. The fourth-order valence-electron chi connectivity index (χ4n) is 0.652. The van der Waals surface area contributed by atoms with Crippen molar-refractivity contribution in [3.63, 3.8) is 0 Å². The lowest BCUT2D eigenvalue weighted by Gasteiger charge is -1.96. The van der Waals surface area contributed by atoms with Gasteiger partial charge in [0.25, 0.3) is 0 Å². The first kappa shape index (κ1) is 12.3. The molecule has 3 nitrogen and oxygen atoms in total. The topological polar surface area (TPSA) is 59.6 Å². The smallest absolute Gasteiger partial charge is 0.122 e. The molecule has 0 heterocycles. The molecule has 0 radical (unpaired) electrons. The molecule has 0 aliphatic carbocycles. The largest absolute Gasteiger partial charge is 0.388 e. The summed E-state index contributed by atoms with van der Waals surface area (Å²) in [6.45, 7) is 0. The number of hydrogen-bond acceptors (Lipinski definition) is 3. The fourth-order valence-corrected chi connectivity index (χ4v) is 0.778. The summed E-state index contributed by atoms with van der Waals surface area (Å²) in [7, 11) is 1.88. The van der Waals surface area contributed by atoms with Gasteiger partial charge in [0.05, 0.1) is 12.1 Å². The van der Waals surface area contributed by atoms with Gasteiger partial charge < -0.3 is 5.32 Å². The van der Waals surface area contributed by atoms with E-state index in [2.05, 4.69) is 5.32 Å². The molecule has 1 N–H and O–H groups in total. The average molecular weight is 208 g/mol. The second kappa shape index (κ2) is 7.91. The molecule has 0 aliphatic rings. The van der Waals surface area contributed by atoms with E-state index in [-0.39, 0.29) is 6.42 Å². The van der Waals surface area contributed by atoms with Crippen LogP contribution in [0.4, 0.5) is 5.69 Å². The summed E-state index contributed by atoms with van der Waals surface area (Å²) >= 11 is 5.64. The predicted molar refractivity (Wildman–Crippen MR) is 56.8 cm³/mol. The molecule has 0 saturated carbocycles. The third kappa shape index (κ3) is 5.88. The van der Waals surface area contributed by atoms with Crippen molar-refractivity contribution < 1.29 is 0 Å². The van der Waals surface area contributed by atoms with E-state index >= 15 is 0 Å². The standard InChI is InChI=1S/C7H8ClN.C3H2N2/c1-9-7-4-2-6(8)3-5-7;4-2-1-3-5/h2-5,9H,1H3;1H2. The lowest BCUT2D eigenvalue weighted by molar-refractivity contribution is 1.33. The highest BCUT2D eigenvalue weighted by Gasteiger charge is 1.85. The van der Waals surface area contributed by atoms with E-state index in [0.29, 0.717) is 0 Å². The average Bonchev–Trinajstić information content (AvgIpc) is 2.21. The quantitative estimate of drug-likeness (QED) is 0.771. The van der Waals surface area contributed by atoms with Crippen LogP contribution in [0, 0.1) is 22.7 Å². The SMILES string of the molecule is CNc1ccc(Cl)cc1.N#CCC#N. The van der Waals surface area contributed by atoms with Crippen LogP contribution in [0.15, 0.2) is 24.3 Å². The van der Waals surface area contributed by atoms with Crippen molar-refractivity contribution in [1.29, 1.82) is 10.5 Å². The lowest BCUT2D eigenvalue weighted by atomic mass is 10.3. The zero-order valence-electron chi connectivity index (χ0n) is 7.79. The molecule has 0 amide bonds. The summed E-state index contributed by atoms with van der Waals surface area (Å²) in [5, 5.41) is 19.0. The molecule has 1 aromatic carbocycles. The summed E-state index contributed by atoms with van der Waals surface area (Å²) in [5.41, 5.74) is 1.08. The number of benzene rings is 1. The van der Waals surface area contributed by atoms with Gasteiger partial charge in [-0.05, 0) is 24.3 Å². The molecule has 0 saturated heterocycles. The van der Waals surface area contributed by atoms with E-state index in [4.69, 9.17) is 22.1 Å². The van der Waals surface area contributed by atoms with E-state index in [9.17, 15) is 0 Å². The van der Waals surface area contributed by atoms with E-state index < -0.39 is 0 Å². The van der Waals surface area contributed by atoms with Crippen molar-refractivity contribution in [3.05, 3.63) is 29.3 Å². The van der Waals surface area contributed by atoms with Gasteiger partial charge in [-0.15, -0.1) is 0 Å². The zero-order valence-corrected chi connectivity index (χ0v) is 8.54. The molecular weight excluding hydrogens is 198 g/mol. The Bertz CT molecular complexity index is 320. The predicted octanol–water partition coefficient (Wildman–Crippen LogP) is 2.81. The summed E-state index contributed by atoms with van der Waals surface area (Å²) in [5.74, 6) is 0. The first-order valence-corrected chi connectivity index (χ1v) is 4.29. The normalized spacial score (nSPS) is 7.43. The Morgan fingerprint density at radius 3 is 2.00 bits per heavy atom. The summed E-state index contributed by atoms with van der Waals surface area (Å²) in [6.07, 6.45) is 0. The summed E-state index contributed by atoms with van der Waals surface area (Å²) < 4.78 is 0. The maximum atomic E-state index is 7.59. The first-order valence-electron chi connectivity index (χ1n) is 3.91. The van der Waals surface area contributed by atoms with Crippen LogP contribution in [0.1, 0.15) is 6.42 Å². The van der Waals surface area contributed by atoms with Crippen molar-refractivity contribution in [2.45, 2.75) is 6.42 Å². The Labute approximate surface area is 88.5 Å². The van der Waals surface area contributed by atoms with Crippen LogP contribution < -0.4 is 5.32 Å². The van der Waals surface area contributed by atoms with Crippen molar-refractivity contribution >= 4 is 17.3 Å². The Morgan fingerprint density at radius 2 is 1.71 bits per heavy atom. The van der Waals surface area contributed by atoms with Gasteiger partial charge in [-0.1, -0.05) is 11.6 Å². The Morgan fingerprint density at radius 1 is 1.21 bits per heavy atom. The highest BCUT2D eigenvalue weighted by molar-refractivity contribution is 6.30. The molecule has 0 aromatic heterocycles. The summed E-state index contributed by atoms with van der Waals surface area (Å²) in [6, 6.07) is 10.9. The Kier molecular flexibility index (Phi) is 6.95. The van der Waals surface area contributed by atoms with Crippen LogP contribution in [-0.4, -0.2) is 7.05 Å². The number of nitrogens with zero attached hydrogens (tertiary/aromatic N) is 2. The molecule has 4 heteroatoms. The number of nitriles is 2. The van der Waals surface area contributed by atoms with E-state index in [1.54, 1.807) is 12.1 Å². The third-order valence-electron chi connectivity index (χ3n) is 1.29. The lowest BCUT2D eigenvalue weighted by Crippen LogP contribution is -1.84. The minimum atomic E-state index is 0. The summed E-state index contributed by atoms with van der Waals surface area (Å²) in [4.78, 5) is 0. The monoisotopic (exact) mass is 207 g/mol. The third-order valence-corrected chi connectivity index (χ3v) is 1.54. The van der Waals surface area contributed by atoms with Crippen LogP contribution in [0.25, 0.3) is 0 Å². The van der Waals surface area contributed by atoms with Crippen LogP contribution in [0.3, 0.4) is 0 Å². The van der Waals surface area contributed by atoms with Gasteiger partial charge in [0.1, 0.15) is 6.42 Å². The number of rotatable bonds is 1. The van der Waals surface area contributed by atoms with Gasteiger partial charge in [-0.3, -0.25) is 0 Å². The molecule has 1 rings (SSSR count). The van der Waals surface area contributed by atoms with E-state index in [0.717, 1.165) is 10.7 Å². The van der Waals surface area contributed by atoms with Crippen molar-refractivity contribution in [1.82, 2.24) is 0 Å². The molecule has 0 spiro atoms. The molecule has 0 atom stereocenters. The molecule has 0 bridgehead atoms. The van der Waals surface area contributed by atoms with Gasteiger partial charge >= 0.3 is 0 Å². The Balaban J connectivity index is 0.000000292. The minimum Gasteiger partial charge on any atom is -0.388 e. The van der Waals surface area contributed by atoms with Gasteiger partial charge in [0.2, 0.25) is 0 Å². The van der Waals surface area contributed by atoms with E-state index in [1.807, 2.05) is 31.3 Å². The zero-order chi connectivity index (χ0) is 10.8. The Hall–Kier alpha value is -1.71. The molecule has 1 aromatic rings.